The van der Waals surface area contributed by atoms with E-state index in [2.05, 4.69) is 20.4 Å². The molecular weight excluding hydrogens is 290 g/mol. The lowest BCUT2D eigenvalue weighted by atomic mass is 9.96. The normalized spacial score (nSPS) is 13.8. The van der Waals surface area contributed by atoms with Gasteiger partial charge in [-0.15, -0.1) is 0 Å². The summed E-state index contributed by atoms with van der Waals surface area (Å²) in [6, 6.07) is 7.96. The van der Waals surface area contributed by atoms with Crippen molar-refractivity contribution in [3.05, 3.63) is 41.9 Å². The van der Waals surface area contributed by atoms with Crippen LogP contribution in [0.3, 0.4) is 0 Å². The Morgan fingerprint density at radius 1 is 1.22 bits per heavy atom. The average molecular weight is 309 g/mol. The predicted molar refractivity (Wildman–Crippen MR) is 88.3 cm³/mol. The third-order valence-corrected chi connectivity index (χ3v) is 4.14. The largest absolute Gasteiger partial charge is 0.492 e. The number of benzene rings is 1. The lowest BCUT2D eigenvalue weighted by Crippen LogP contribution is -2.14. The Hall–Kier alpha value is -2.63. The molecule has 0 fully saturated rings. The summed E-state index contributed by atoms with van der Waals surface area (Å²) >= 11 is 0. The fourth-order valence-electron chi connectivity index (χ4n) is 3.09. The number of anilines is 2. The van der Waals surface area contributed by atoms with E-state index < -0.39 is 0 Å². The molecule has 6 nitrogen and oxygen atoms in total. The van der Waals surface area contributed by atoms with E-state index in [9.17, 15) is 0 Å². The summed E-state index contributed by atoms with van der Waals surface area (Å²) in [5.41, 5.74) is 3.30. The van der Waals surface area contributed by atoms with Crippen LogP contribution in [0.2, 0.25) is 0 Å². The Morgan fingerprint density at radius 3 is 3.00 bits per heavy atom. The topological polar surface area (TPSA) is 64.3 Å². The summed E-state index contributed by atoms with van der Waals surface area (Å²) in [4.78, 5) is 8.91. The summed E-state index contributed by atoms with van der Waals surface area (Å²) in [6.45, 7) is 2.62. The SMILES string of the molecule is CCOc1ccccc1Nc1c2c(nc3ncnn13)CCCC2. The van der Waals surface area contributed by atoms with E-state index in [1.165, 1.54) is 18.4 Å². The highest BCUT2D eigenvalue weighted by atomic mass is 16.5. The number of aromatic nitrogens is 4. The van der Waals surface area contributed by atoms with Crippen molar-refractivity contribution in [1.29, 1.82) is 0 Å². The van der Waals surface area contributed by atoms with Crippen LogP contribution in [0.1, 0.15) is 31.0 Å². The van der Waals surface area contributed by atoms with Gasteiger partial charge in [-0.1, -0.05) is 12.1 Å². The molecule has 0 bridgehead atoms. The predicted octanol–water partition coefficient (Wildman–Crippen LogP) is 3.15. The van der Waals surface area contributed by atoms with Gasteiger partial charge in [-0.2, -0.15) is 14.6 Å². The highest BCUT2D eigenvalue weighted by Gasteiger charge is 2.20. The minimum absolute atomic E-state index is 0.631. The van der Waals surface area contributed by atoms with Gasteiger partial charge in [0.1, 0.15) is 17.9 Å². The van der Waals surface area contributed by atoms with Crippen molar-refractivity contribution in [2.75, 3.05) is 11.9 Å². The van der Waals surface area contributed by atoms with Crippen molar-refractivity contribution >= 4 is 17.3 Å². The first-order valence-electron chi connectivity index (χ1n) is 8.07. The van der Waals surface area contributed by atoms with Crippen LogP contribution in [0.5, 0.6) is 5.75 Å². The van der Waals surface area contributed by atoms with Gasteiger partial charge in [-0.05, 0) is 44.7 Å². The average Bonchev–Trinajstić information content (AvgIpc) is 3.05. The van der Waals surface area contributed by atoms with E-state index in [0.717, 1.165) is 35.8 Å². The Bertz CT molecular complexity index is 842. The molecule has 1 N–H and O–H groups in total. The molecule has 6 heteroatoms. The zero-order valence-corrected chi connectivity index (χ0v) is 13.1. The van der Waals surface area contributed by atoms with Crippen LogP contribution >= 0.6 is 0 Å². The maximum absolute atomic E-state index is 5.72. The zero-order valence-electron chi connectivity index (χ0n) is 13.1. The van der Waals surface area contributed by atoms with Crippen molar-refractivity contribution in [3.8, 4) is 5.75 Å². The van der Waals surface area contributed by atoms with Crippen molar-refractivity contribution in [1.82, 2.24) is 19.6 Å². The fraction of sp³-hybridized carbons (Fsp3) is 0.353. The summed E-state index contributed by atoms with van der Waals surface area (Å²) in [7, 11) is 0. The van der Waals surface area contributed by atoms with Gasteiger partial charge in [0.15, 0.2) is 0 Å². The molecule has 0 atom stereocenters. The summed E-state index contributed by atoms with van der Waals surface area (Å²) in [6.07, 6.45) is 5.92. The zero-order chi connectivity index (χ0) is 15.6. The number of nitrogens with zero attached hydrogens (tertiary/aromatic N) is 4. The quantitative estimate of drug-likeness (QED) is 0.802. The monoisotopic (exact) mass is 309 g/mol. The molecule has 3 aromatic rings. The van der Waals surface area contributed by atoms with Gasteiger partial charge in [0.2, 0.25) is 0 Å². The summed E-state index contributed by atoms with van der Waals surface area (Å²) in [5, 5.41) is 7.85. The second-order valence-corrected chi connectivity index (χ2v) is 5.62. The van der Waals surface area contributed by atoms with E-state index in [1.807, 2.05) is 31.2 Å². The van der Waals surface area contributed by atoms with Gasteiger partial charge in [0.05, 0.1) is 18.0 Å². The van der Waals surface area contributed by atoms with E-state index in [0.29, 0.717) is 12.4 Å². The lowest BCUT2D eigenvalue weighted by molar-refractivity contribution is 0.342. The first kappa shape index (κ1) is 14.0. The number of hydrogen-bond donors (Lipinski definition) is 1. The molecule has 4 rings (SSSR count). The summed E-state index contributed by atoms with van der Waals surface area (Å²) in [5.74, 6) is 2.43. The van der Waals surface area contributed by atoms with Crippen molar-refractivity contribution in [2.45, 2.75) is 32.6 Å². The van der Waals surface area contributed by atoms with E-state index in [4.69, 9.17) is 4.74 Å². The Kier molecular flexibility index (Phi) is 3.57. The molecule has 0 spiro atoms. The number of ether oxygens (including phenoxy) is 1. The molecule has 118 valence electrons. The van der Waals surface area contributed by atoms with Gasteiger partial charge >= 0.3 is 0 Å². The summed E-state index contributed by atoms with van der Waals surface area (Å²) < 4.78 is 7.51. The molecule has 0 radical (unpaired) electrons. The lowest BCUT2D eigenvalue weighted by Gasteiger charge is -2.20. The number of aryl methyl sites for hydroxylation is 1. The van der Waals surface area contributed by atoms with E-state index in [1.54, 1.807) is 10.8 Å². The van der Waals surface area contributed by atoms with Crippen LogP contribution in [0, 0.1) is 0 Å². The number of nitrogens with one attached hydrogen (secondary N) is 1. The minimum Gasteiger partial charge on any atom is -0.492 e. The van der Waals surface area contributed by atoms with Gasteiger partial charge in [-0.25, -0.2) is 4.98 Å². The molecule has 0 unspecified atom stereocenters. The number of fused-ring (bicyclic) bond motifs is 2. The van der Waals surface area contributed by atoms with Crippen molar-refractivity contribution < 1.29 is 4.74 Å². The maximum atomic E-state index is 5.72. The third kappa shape index (κ3) is 2.50. The number of hydrogen-bond acceptors (Lipinski definition) is 5. The molecule has 1 aromatic carbocycles. The minimum atomic E-state index is 0.631. The standard InChI is InChI=1S/C17H19N5O/c1-2-23-15-10-6-5-9-14(15)20-16-12-7-3-4-8-13(12)21-17-18-11-19-22(16)17/h5-6,9-11,20H,2-4,7-8H2,1H3. The molecule has 0 aliphatic heterocycles. The van der Waals surface area contributed by atoms with E-state index >= 15 is 0 Å². The van der Waals surface area contributed by atoms with Crippen LogP contribution in [-0.2, 0) is 12.8 Å². The maximum Gasteiger partial charge on any atom is 0.254 e. The second kappa shape index (κ2) is 5.87. The van der Waals surface area contributed by atoms with Gasteiger partial charge in [0.25, 0.3) is 5.78 Å². The highest BCUT2D eigenvalue weighted by Crippen LogP contribution is 2.32. The van der Waals surface area contributed by atoms with Crippen LogP contribution in [-0.4, -0.2) is 26.2 Å². The van der Waals surface area contributed by atoms with Gasteiger partial charge < -0.3 is 10.1 Å². The first-order chi connectivity index (χ1) is 11.4. The van der Waals surface area contributed by atoms with Crippen molar-refractivity contribution in [3.63, 3.8) is 0 Å². The van der Waals surface area contributed by atoms with Gasteiger partial charge in [-0.3, -0.25) is 0 Å². The Balaban J connectivity index is 1.84. The highest BCUT2D eigenvalue weighted by molar-refractivity contribution is 5.68. The first-order valence-corrected chi connectivity index (χ1v) is 8.07. The molecule has 2 heterocycles. The molecule has 1 aliphatic rings. The van der Waals surface area contributed by atoms with Crippen LogP contribution < -0.4 is 10.1 Å². The molecular formula is C17H19N5O. The molecule has 0 saturated carbocycles. The third-order valence-electron chi connectivity index (χ3n) is 4.14. The smallest absolute Gasteiger partial charge is 0.254 e. The number of rotatable bonds is 4. The molecule has 23 heavy (non-hydrogen) atoms. The molecule has 2 aromatic heterocycles. The molecule has 0 saturated heterocycles. The fourth-order valence-corrected chi connectivity index (χ4v) is 3.09. The molecule has 1 aliphatic carbocycles. The molecule has 0 amide bonds. The van der Waals surface area contributed by atoms with Crippen LogP contribution in [0.15, 0.2) is 30.6 Å². The van der Waals surface area contributed by atoms with Crippen molar-refractivity contribution in [2.24, 2.45) is 0 Å². The number of para-hydroxylation sites is 2. The Morgan fingerprint density at radius 2 is 2.09 bits per heavy atom. The second-order valence-electron chi connectivity index (χ2n) is 5.62. The van der Waals surface area contributed by atoms with E-state index in [-0.39, 0.29) is 0 Å². The van der Waals surface area contributed by atoms with Crippen LogP contribution in [0.4, 0.5) is 11.5 Å². The Labute approximate surface area is 134 Å². The van der Waals surface area contributed by atoms with Gasteiger partial charge in [0, 0.05) is 5.56 Å². The van der Waals surface area contributed by atoms with Crippen LogP contribution in [0.25, 0.3) is 5.78 Å².